The third kappa shape index (κ3) is 2.30. The van der Waals surface area contributed by atoms with Crippen LogP contribution in [0.1, 0.15) is 17.2 Å². The summed E-state index contributed by atoms with van der Waals surface area (Å²) in [4.78, 5) is 0. The lowest BCUT2D eigenvalue weighted by atomic mass is 10.1. The number of anilines is 1. The van der Waals surface area contributed by atoms with Crippen molar-refractivity contribution in [1.29, 1.82) is 5.26 Å². The lowest BCUT2D eigenvalue weighted by Gasteiger charge is -2.14. The number of nitriles is 1. The van der Waals surface area contributed by atoms with E-state index < -0.39 is 0 Å². The van der Waals surface area contributed by atoms with Gasteiger partial charge in [-0.15, -0.1) is 0 Å². The summed E-state index contributed by atoms with van der Waals surface area (Å²) in [5.41, 5.74) is 2.52. The highest BCUT2D eigenvalue weighted by Crippen LogP contribution is 2.37. The van der Waals surface area contributed by atoms with Crippen molar-refractivity contribution in [3.63, 3.8) is 0 Å². The van der Waals surface area contributed by atoms with Crippen molar-refractivity contribution in [2.24, 2.45) is 0 Å². The molecular weight excluding hydrogens is 320 g/mol. The van der Waals surface area contributed by atoms with E-state index in [0.717, 1.165) is 15.7 Å². The number of nitrogens with zero attached hydrogens (tertiary/aromatic N) is 1. The molecule has 1 heterocycles. The summed E-state index contributed by atoms with van der Waals surface area (Å²) >= 11 is 3.45. The molecule has 0 spiro atoms. The third-order valence-electron chi connectivity index (χ3n) is 3.21. The molecular formula is C15H11BrN2O2. The standard InChI is InChI=1S/C15H11BrN2O2/c16-12-5-9(7-17)1-4-13(12)18-14-8-20-15-6-10(19)2-3-11(14)15/h1-6,14,18-19H,8H2. The number of benzene rings is 2. The number of halogens is 1. The molecule has 0 fully saturated rings. The highest BCUT2D eigenvalue weighted by Gasteiger charge is 2.24. The molecule has 0 aliphatic carbocycles. The van der Waals surface area contributed by atoms with E-state index in [4.69, 9.17) is 10.00 Å². The average Bonchev–Trinajstić information content (AvgIpc) is 2.83. The first-order valence-electron chi connectivity index (χ1n) is 6.09. The predicted octanol–water partition coefficient (Wildman–Crippen LogP) is 3.57. The highest BCUT2D eigenvalue weighted by atomic mass is 79.9. The van der Waals surface area contributed by atoms with Gasteiger partial charge in [0.25, 0.3) is 0 Å². The van der Waals surface area contributed by atoms with Crippen LogP contribution in [0.5, 0.6) is 11.5 Å². The van der Waals surface area contributed by atoms with Crippen molar-refractivity contribution in [2.45, 2.75) is 6.04 Å². The quantitative estimate of drug-likeness (QED) is 0.883. The van der Waals surface area contributed by atoms with Crippen LogP contribution < -0.4 is 10.1 Å². The fraction of sp³-hybridized carbons (Fsp3) is 0.133. The summed E-state index contributed by atoms with van der Waals surface area (Å²) in [6.07, 6.45) is 0. The Hall–Kier alpha value is -2.19. The van der Waals surface area contributed by atoms with Crippen molar-refractivity contribution in [2.75, 3.05) is 11.9 Å². The zero-order valence-corrected chi connectivity index (χ0v) is 12.0. The van der Waals surface area contributed by atoms with Gasteiger partial charge in [0, 0.05) is 21.8 Å². The summed E-state index contributed by atoms with van der Waals surface area (Å²) < 4.78 is 6.40. The minimum absolute atomic E-state index is 0.0230. The second kappa shape index (κ2) is 5.06. The van der Waals surface area contributed by atoms with Gasteiger partial charge in [0.2, 0.25) is 0 Å². The van der Waals surface area contributed by atoms with Crippen molar-refractivity contribution >= 4 is 21.6 Å². The van der Waals surface area contributed by atoms with Gasteiger partial charge >= 0.3 is 0 Å². The SMILES string of the molecule is N#Cc1ccc(NC2COc3cc(O)ccc32)c(Br)c1. The first kappa shape index (κ1) is 12.8. The lowest BCUT2D eigenvalue weighted by Crippen LogP contribution is -2.12. The monoisotopic (exact) mass is 330 g/mol. The minimum atomic E-state index is 0.0230. The molecule has 3 rings (SSSR count). The van der Waals surface area contributed by atoms with Crippen LogP contribution in [0.25, 0.3) is 0 Å². The first-order valence-corrected chi connectivity index (χ1v) is 6.88. The van der Waals surface area contributed by atoms with Gasteiger partial charge in [-0.2, -0.15) is 5.26 Å². The maximum atomic E-state index is 9.44. The summed E-state index contributed by atoms with van der Waals surface area (Å²) in [6.45, 7) is 0.505. The Morgan fingerprint density at radius 3 is 2.90 bits per heavy atom. The number of nitrogens with one attached hydrogen (secondary N) is 1. The van der Waals surface area contributed by atoms with Crippen LogP contribution in [0.4, 0.5) is 5.69 Å². The first-order chi connectivity index (χ1) is 9.67. The average molecular weight is 331 g/mol. The number of ether oxygens (including phenoxy) is 1. The van der Waals surface area contributed by atoms with E-state index in [9.17, 15) is 5.11 Å². The van der Waals surface area contributed by atoms with E-state index in [1.54, 1.807) is 24.3 Å². The van der Waals surface area contributed by atoms with E-state index in [-0.39, 0.29) is 11.8 Å². The Labute approximate surface area is 124 Å². The minimum Gasteiger partial charge on any atom is -0.508 e. The normalized spacial score (nSPS) is 16.1. The van der Waals surface area contributed by atoms with Crippen LogP contribution in [0.3, 0.4) is 0 Å². The number of rotatable bonds is 2. The van der Waals surface area contributed by atoms with E-state index in [1.165, 1.54) is 0 Å². The number of fused-ring (bicyclic) bond motifs is 1. The summed E-state index contributed by atoms with van der Waals surface area (Å²) in [7, 11) is 0. The molecule has 0 amide bonds. The molecule has 5 heteroatoms. The zero-order chi connectivity index (χ0) is 14.1. The van der Waals surface area contributed by atoms with Crippen molar-refractivity contribution in [3.05, 3.63) is 52.0 Å². The maximum absolute atomic E-state index is 9.44. The molecule has 2 aromatic rings. The van der Waals surface area contributed by atoms with E-state index in [2.05, 4.69) is 27.3 Å². The number of hydrogen-bond donors (Lipinski definition) is 2. The van der Waals surface area contributed by atoms with Crippen molar-refractivity contribution in [3.8, 4) is 17.6 Å². The number of aromatic hydroxyl groups is 1. The highest BCUT2D eigenvalue weighted by molar-refractivity contribution is 9.10. The second-order valence-electron chi connectivity index (χ2n) is 4.54. The fourth-order valence-electron chi connectivity index (χ4n) is 2.21. The Morgan fingerprint density at radius 2 is 2.15 bits per heavy atom. The van der Waals surface area contributed by atoms with E-state index >= 15 is 0 Å². The fourth-order valence-corrected chi connectivity index (χ4v) is 2.70. The second-order valence-corrected chi connectivity index (χ2v) is 5.39. The van der Waals surface area contributed by atoms with Crippen LogP contribution in [0, 0.1) is 11.3 Å². The number of phenolic OH excluding ortho intramolecular Hbond substituents is 1. The molecule has 0 radical (unpaired) electrons. The zero-order valence-electron chi connectivity index (χ0n) is 10.4. The van der Waals surface area contributed by atoms with Gasteiger partial charge < -0.3 is 15.2 Å². The number of hydrogen-bond acceptors (Lipinski definition) is 4. The van der Waals surface area contributed by atoms with Gasteiger partial charge in [-0.05, 0) is 46.3 Å². The van der Waals surface area contributed by atoms with Gasteiger partial charge in [0.1, 0.15) is 18.1 Å². The van der Waals surface area contributed by atoms with Gasteiger partial charge in [-0.3, -0.25) is 0 Å². The molecule has 2 aromatic carbocycles. The maximum Gasteiger partial charge on any atom is 0.128 e. The molecule has 20 heavy (non-hydrogen) atoms. The van der Waals surface area contributed by atoms with Gasteiger partial charge in [-0.25, -0.2) is 0 Å². The molecule has 0 bridgehead atoms. The topological polar surface area (TPSA) is 65.3 Å². The third-order valence-corrected chi connectivity index (χ3v) is 3.86. The summed E-state index contributed by atoms with van der Waals surface area (Å²) in [5.74, 6) is 0.899. The molecule has 2 N–H and O–H groups in total. The Morgan fingerprint density at radius 1 is 1.30 bits per heavy atom. The van der Waals surface area contributed by atoms with Crippen LogP contribution in [-0.2, 0) is 0 Å². The van der Waals surface area contributed by atoms with E-state index in [1.807, 2.05) is 12.1 Å². The molecule has 100 valence electrons. The lowest BCUT2D eigenvalue weighted by molar-refractivity contribution is 0.338. The van der Waals surface area contributed by atoms with Crippen molar-refractivity contribution < 1.29 is 9.84 Å². The number of phenols is 1. The van der Waals surface area contributed by atoms with E-state index in [0.29, 0.717) is 17.9 Å². The van der Waals surface area contributed by atoms with Crippen molar-refractivity contribution in [1.82, 2.24) is 0 Å². The molecule has 1 atom stereocenters. The largest absolute Gasteiger partial charge is 0.508 e. The molecule has 0 saturated carbocycles. The van der Waals surface area contributed by atoms with Crippen LogP contribution >= 0.6 is 15.9 Å². The summed E-state index contributed by atoms with van der Waals surface area (Å²) in [5, 5.41) is 21.7. The Kier molecular flexibility index (Phi) is 3.25. The van der Waals surface area contributed by atoms with Crippen LogP contribution in [0.2, 0.25) is 0 Å². The predicted molar refractivity (Wildman–Crippen MR) is 78.8 cm³/mol. The smallest absolute Gasteiger partial charge is 0.128 e. The molecule has 1 aliphatic rings. The Balaban J connectivity index is 1.86. The van der Waals surface area contributed by atoms with Gasteiger partial charge in [0.05, 0.1) is 17.7 Å². The molecule has 0 aromatic heterocycles. The van der Waals surface area contributed by atoms with Crippen LogP contribution in [0.15, 0.2) is 40.9 Å². The summed E-state index contributed by atoms with van der Waals surface area (Å²) in [6, 6.07) is 12.6. The van der Waals surface area contributed by atoms with Crippen LogP contribution in [-0.4, -0.2) is 11.7 Å². The molecule has 1 aliphatic heterocycles. The van der Waals surface area contributed by atoms with Gasteiger partial charge in [-0.1, -0.05) is 0 Å². The molecule has 1 unspecified atom stereocenters. The van der Waals surface area contributed by atoms with Gasteiger partial charge in [0.15, 0.2) is 0 Å². The molecule has 4 nitrogen and oxygen atoms in total. The molecule has 0 saturated heterocycles. The Bertz CT molecular complexity index is 710.